The number of hydrogen-bond donors (Lipinski definition) is 2. The van der Waals surface area contributed by atoms with Crippen molar-refractivity contribution in [1.29, 1.82) is 0 Å². The molecule has 21 heavy (non-hydrogen) atoms. The molecule has 2 amide bonds. The smallest absolute Gasteiger partial charge is 0.229 e. The topological polar surface area (TPSA) is 71.1 Å². The van der Waals surface area contributed by atoms with Crippen molar-refractivity contribution < 1.29 is 9.59 Å². The molecule has 116 valence electrons. The summed E-state index contributed by atoms with van der Waals surface area (Å²) >= 11 is 1.38. The molecule has 1 aliphatic rings. The van der Waals surface area contributed by atoms with Gasteiger partial charge in [-0.15, -0.1) is 11.3 Å². The molecule has 0 bridgehead atoms. The zero-order chi connectivity index (χ0) is 15.1. The SMILES string of the molecule is CCCCNC(=O)Cc1csc(NC(=O)C2CCCC2)n1. The molecule has 0 saturated heterocycles. The summed E-state index contributed by atoms with van der Waals surface area (Å²) in [6.07, 6.45) is 6.56. The summed E-state index contributed by atoms with van der Waals surface area (Å²) in [6.45, 7) is 2.80. The van der Waals surface area contributed by atoms with Gasteiger partial charge in [0.2, 0.25) is 11.8 Å². The van der Waals surface area contributed by atoms with Gasteiger partial charge in [0.05, 0.1) is 12.1 Å². The van der Waals surface area contributed by atoms with Crippen LogP contribution in [0.15, 0.2) is 5.38 Å². The molecule has 1 fully saturated rings. The second-order valence-corrected chi connectivity index (χ2v) is 6.35. The number of amides is 2. The van der Waals surface area contributed by atoms with Gasteiger partial charge in [-0.2, -0.15) is 0 Å². The van der Waals surface area contributed by atoms with Crippen LogP contribution < -0.4 is 10.6 Å². The van der Waals surface area contributed by atoms with Crippen LogP contribution in [0, 0.1) is 5.92 Å². The van der Waals surface area contributed by atoms with E-state index in [2.05, 4.69) is 22.5 Å². The van der Waals surface area contributed by atoms with E-state index >= 15 is 0 Å². The van der Waals surface area contributed by atoms with Gasteiger partial charge in [0.1, 0.15) is 0 Å². The average Bonchev–Trinajstić information content (AvgIpc) is 3.10. The molecule has 0 unspecified atom stereocenters. The van der Waals surface area contributed by atoms with Gasteiger partial charge in [-0.25, -0.2) is 4.98 Å². The summed E-state index contributed by atoms with van der Waals surface area (Å²) in [4.78, 5) is 28.0. The number of aromatic nitrogens is 1. The van der Waals surface area contributed by atoms with Crippen molar-refractivity contribution in [2.75, 3.05) is 11.9 Å². The number of nitrogens with zero attached hydrogens (tertiary/aromatic N) is 1. The number of nitrogens with one attached hydrogen (secondary N) is 2. The van der Waals surface area contributed by atoms with E-state index in [1.54, 1.807) is 0 Å². The molecule has 2 N–H and O–H groups in total. The van der Waals surface area contributed by atoms with Crippen molar-refractivity contribution in [1.82, 2.24) is 10.3 Å². The number of rotatable bonds is 7. The monoisotopic (exact) mass is 309 g/mol. The summed E-state index contributed by atoms with van der Waals surface area (Å²) in [6, 6.07) is 0. The quantitative estimate of drug-likeness (QED) is 0.761. The molecular weight excluding hydrogens is 286 g/mol. The summed E-state index contributed by atoms with van der Waals surface area (Å²) < 4.78 is 0. The lowest BCUT2D eigenvalue weighted by atomic mass is 10.1. The van der Waals surface area contributed by atoms with Crippen molar-refractivity contribution in [3.63, 3.8) is 0 Å². The Morgan fingerprint density at radius 2 is 2.14 bits per heavy atom. The fraction of sp³-hybridized carbons (Fsp3) is 0.667. The van der Waals surface area contributed by atoms with Crippen LogP contribution in [0.5, 0.6) is 0 Å². The van der Waals surface area contributed by atoms with Crippen molar-refractivity contribution in [2.45, 2.75) is 51.9 Å². The van der Waals surface area contributed by atoms with Gasteiger partial charge in [-0.05, 0) is 19.3 Å². The molecule has 0 radical (unpaired) electrons. The Kier molecular flexibility index (Phi) is 6.17. The predicted molar refractivity (Wildman–Crippen MR) is 84.3 cm³/mol. The number of carbonyl (C=O) groups excluding carboxylic acids is 2. The minimum Gasteiger partial charge on any atom is -0.356 e. The molecule has 5 nitrogen and oxygen atoms in total. The third kappa shape index (κ3) is 5.12. The molecule has 1 aliphatic carbocycles. The minimum absolute atomic E-state index is 0.0116. The number of thiazole rings is 1. The Balaban J connectivity index is 1.78. The van der Waals surface area contributed by atoms with Gasteiger partial charge in [-0.3, -0.25) is 9.59 Å². The molecular formula is C15H23N3O2S. The first-order valence-electron chi connectivity index (χ1n) is 7.71. The van der Waals surface area contributed by atoms with E-state index in [9.17, 15) is 9.59 Å². The van der Waals surface area contributed by atoms with Crippen LogP contribution in [0.25, 0.3) is 0 Å². The highest BCUT2D eigenvalue weighted by Gasteiger charge is 2.23. The Bertz CT molecular complexity index is 481. The molecule has 0 aliphatic heterocycles. The molecule has 1 saturated carbocycles. The second kappa shape index (κ2) is 8.12. The highest BCUT2D eigenvalue weighted by Crippen LogP contribution is 2.26. The third-order valence-corrected chi connectivity index (χ3v) is 4.51. The molecule has 0 spiro atoms. The van der Waals surface area contributed by atoms with Crippen LogP contribution in [-0.2, 0) is 16.0 Å². The second-order valence-electron chi connectivity index (χ2n) is 5.49. The highest BCUT2D eigenvalue weighted by molar-refractivity contribution is 7.13. The van der Waals surface area contributed by atoms with Gasteiger partial charge in [0.25, 0.3) is 0 Å². The lowest BCUT2D eigenvalue weighted by Crippen LogP contribution is -2.26. The van der Waals surface area contributed by atoms with Gasteiger partial charge < -0.3 is 10.6 Å². The number of unbranched alkanes of at least 4 members (excludes halogenated alkanes) is 1. The van der Waals surface area contributed by atoms with E-state index in [0.717, 1.165) is 44.2 Å². The van der Waals surface area contributed by atoms with Gasteiger partial charge in [-0.1, -0.05) is 26.2 Å². The van der Waals surface area contributed by atoms with E-state index in [1.807, 2.05) is 5.38 Å². The zero-order valence-corrected chi connectivity index (χ0v) is 13.3. The lowest BCUT2D eigenvalue weighted by Gasteiger charge is -2.07. The fourth-order valence-corrected chi connectivity index (χ4v) is 3.19. The van der Waals surface area contributed by atoms with E-state index < -0.39 is 0 Å². The molecule has 1 heterocycles. The van der Waals surface area contributed by atoms with Crippen LogP contribution in [0.3, 0.4) is 0 Å². The maximum Gasteiger partial charge on any atom is 0.229 e. The van der Waals surface area contributed by atoms with Crippen molar-refractivity contribution in [2.24, 2.45) is 5.92 Å². The Hall–Kier alpha value is -1.43. The van der Waals surface area contributed by atoms with Gasteiger partial charge in [0.15, 0.2) is 5.13 Å². The standard InChI is InChI=1S/C15H23N3O2S/c1-2-3-8-16-13(19)9-12-10-21-15(17-12)18-14(20)11-6-4-5-7-11/h10-11H,2-9H2,1H3,(H,16,19)(H,17,18,20). The first kappa shape index (κ1) is 15.9. The fourth-order valence-electron chi connectivity index (χ4n) is 2.47. The summed E-state index contributed by atoms with van der Waals surface area (Å²) in [5, 5.41) is 8.17. The van der Waals surface area contributed by atoms with Crippen LogP contribution in [0.1, 0.15) is 51.1 Å². The molecule has 1 aromatic heterocycles. The molecule has 1 aromatic rings. The van der Waals surface area contributed by atoms with E-state index in [4.69, 9.17) is 0 Å². The Morgan fingerprint density at radius 3 is 2.86 bits per heavy atom. The summed E-state index contributed by atoms with van der Waals surface area (Å²) in [7, 11) is 0. The van der Waals surface area contributed by atoms with E-state index in [-0.39, 0.29) is 24.2 Å². The summed E-state index contributed by atoms with van der Waals surface area (Å²) in [5.74, 6) is 0.193. The maximum absolute atomic E-state index is 12.0. The van der Waals surface area contributed by atoms with E-state index in [1.165, 1.54) is 11.3 Å². The molecule has 0 atom stereocenters. The van der Waals surface area contributed by atoms with Gasteiger partial charge >= 0.3 is 0 Å². The molecule has 2 rings (SSSR count). The van der Waals surface area contributed by atoms with Gasteiger partial charge in [0, 0.05) is 17.8 Å². The van der Waals surface area contributed by atoms with Crippen LogP contribution >= 0.6 is 11.3 Å². The van der Waals surface area contributed by atoms with Crippen molar-refractivity contribution >= 4 is 28.3 Å². The first-order valence-corrected chi connectivity index (χ1v) is 8.59. The van der Waals surface area contributed by atoms with Crippen molar-refractivity contribution in [3.8, 4) is 0 Å². The third-order valence-electron chi connectivity index (χ3n) is 3.70. The normalized spacial score (nSPS) is 15.1. The van der Waals surface area contributed by atoms with E-state index in [0.29, 0.717) is 11.7 Å². The largest absolute Gasteiger partial charge is 0.356 e. The Labute approximate surface area is 129 Å². The molecule has 6 heteroatoms. The van der Waals surface area contributed by atoms with Crippen LogP contribution in [0.4, 0.5) is 5.13 Å². The number of hydrogen-bond acceptors (Lipinski definition) is 4. The van der Waals surface area contributed by atoms with Crippen LogP contribution in [0.2, 0.25) is 0 Å². The number of carbonyl (C=O) groups is 2. The zero-order valence-electron chi connectivity index (χ0n) is 12.5. The first-order chi connectivity index (χ1) is 10.2. The highest BCUT2D eigenvalue weighted by atomic mass is 32.1. The van der Waals surface area contributed by atoms with Crippen molar-refractivity contribution in [3.05, 3.63) is 11.1 Å². The minimum atomic E-state index is -0.0116. The lowest BCUT2D eigenvalue weighted by molar-refractivity contribution is -0.120. The molecule has 0 aromatic carbocycles. The Morgan fingerprint density at radius 1 is 1.38 bits per heavy atom. The summed E-state index contributed by atoms with van der Waals surface area (Å²) in [5.41, 5.74) is 0.718. The maximum atomic E-state index is 12.0. The number of anilines is 1. The predicted octanol–water partition coefficient (Wildman–Crippen LogP) is 2.73. The average molecular weight is 309 g/mol. The van der Waals surface area contributed by atoms with Crippen LogP contribution in [-0.4, -0.2) is 23.3 Å².